The summed E-state index contributed by atoms with van der Waals surface area (Å²) < 4.78 is 42.4. The molecular formula is C21H24N4O6S. The average molecular weight is 461 g/mol. The van der Waals surface area contributed by atoms with Crippen LogP contribution in [0.25, 0.3) is 11.5 Å². The lowest BCUT2D eigenvalue weighted by Crippen LogP contribution is -2.33. The summed E-state index contributed by atoms with van der Waals surface area (Å²) in [5.41, 5.74) is 0.767. The molecule has 1 N–H and O–H groups in total. The van der Waals surface area contributed by atoms with E-state index in [1.165, 1.54) is 42.7 Å². The van der Waals surface area contributed by atoms with E-state index >= 15 is 0 Å². The van der Waals surface area contributed by atoms with Crippen LogP contribution in [0.2, 0.25) is 0 Å². The fourth-order valence-corrected chi connectivity index (χ4v) is 4.12. The van der Waals surface area contributed by atoms with Crippen LogP contribution in [-0.2, 0) is 10.0 Å². The number of amides is 1. The van der Waals surface area contributed by atoms with Gasteiger partial charge >= 0.3 is 6.01 Å². The number of hydrogen-bond donors (Lipinski definition) is 1. The van der Waals surface area contributed by atoms with Gasteiger partial charge < -0.3 is 13.9 Å². The summed E-state index contributed by atoms with van der Waals surface area (Å²) in [5, 5.41) is 10.3. The fourth-order valence-electron chi connectivity index (χ4n) is 2.75. The highest BCUT2D eigenvalue weighted by Crippen LogP contribution is 2.33. The largest absolute Gasteiger partial charge is 0.497 e. The molecule has 1 amide bonds. The average Bonchev–Trinajstić information content (AvgIpc) is 3.26. The maximum absolute atomic E-state index is 12.5. The number of nitrogens with zero attached hydrogens (tertiary/aromatic N) is 3. The molecule has 3 aromatic rings. The number of hydrogen-bond acceptors (Lipinski definition) is 8. The van der Waals surface area contributed by atoms with Crippen molar-refractivity contribution in [2.24, 2.45) is 0 Å². The van der Waals surface area contributed by atoms with Gasteiger partial charge in [0.05, 0.1) is 24.7 Å². The molecule has 0 fully saturated rings. The topological polar surface area (TPSA) is 124 Å². The van der Waals surface area contributed by atoms with Crippen molar-refractivity contribution in [1.29, 1.82) is 0 Å². The lowest BCUT2D eigenvalue weighted by atomic mass is 10.2. The smallest absolute Gasteiger partial charge is 0.322 e. The highest BCUT2D eigenvalue weighted by Gasteiger charge is 2.23. The third-order valence-electron chi connectivity index (χ3n) is 4.81. The second-order valence-electron chi connectivity index (χ2n) is 7.07. The van der Waals surface area contributed by atoms with E-state index in [4.69, 9.17) is 13.9 Å². The molecule has 0 aliphatic heterocycles. The lowest BCUT2D eigenvalue weighted by molar-refractivity contribution is 0.102. The molecule has 10 nitrogen and oxygen atoms in total. The van der Waals surface area contributed by atoms with E-state index in [9.17, 15) is 13.2 Å². The van der Waals surface area contributed by atoms with Crippen LogP contribution in [0.1, 0.15) is 24.2 Å². The van der Waals surface area contributed by atoms with Crippen LogP contribution in [0.3, 0.4) is 0 Å². The monoisotopic (exact) mass is 460 g/mol. The van der Waals surface area contributed by atoms with Crippen molar-refractivity contribution in [2.75, 3.05) is 26.6 Å². The standard InChI is InChI=1S/C21H24N4O6S/c1-13(2)25(3)32(27,28)16-9-6-14(7-10-16)19(26)22-21-24-23-20(31-21)17-11-8-15(29-4)12-18(17)30-5/h6-13H,1-5H3,(H,22,24,26). The highest BCUT2D eigenvalue weighted by molar-refractivity contribution is 7.89. The maximum Gasteiger partial charge on any atom is 0.322 e. The first-order valence-electron chi connectivity index (χ1n) is 9.62. The van der Waals surface area contributed by atoms with Gasteiger partial charge in [0, 0.05) is 24.7 Å². The Balaban J connectivity index is 1.76. The summed E-state index contributed by atoms with van der Waals surface area (Å²) in [5.74, 6) is 0.693. The summed E-state index contributed by atoms with van der Waals surface area (Å²) in [7, 11) is 0.908. The number of ether oxygens (including phenoxy) is 2. The van der Waals surface area contributed by atoms with Gasteiger partial charge in [-0.1, -0.05) is 5.10 Å². The predicted molar refractivity (Wildman–Crippen MR) is 117 cm³/mol. The molecule has 0 unspecified atom stereocenters. The van der Waals surface area contributed by atoms with Crippen molar-refractivity contribution >= 4 is 21.9 Å². The third kappa shape index (κ3) is 4.73. The van der Waals surface area contributed by atoms with Gasteiger partial charge in [0.2, 0.25) is 10.0 Å². The van der Waals surface area contributed by atoms with Crippen molar-refractivity contribution in [2.45, 2.75) is 24.8 Å². The number of carbonyl (C=O) groups is 1. The zero-order chi connectivity index (χ0) is 23.5. The van der Waals surface area contributed by atoms with E-state index in [0.717, 1.165) is 0 Å². The van der Waals surface area contributed by atoms with Crippen molar-refractivity contribution in [3.05, 3.63) is 48.0 Å². The van der Waals surface area contributed by atoms with Crippen molar-refractivity contribution in [1.82, 2.24) is 14.5 Å². The maximum atomic E-state index is 12.5. The Morgan fingerprint density at radius 2 is 1.75 bits per heavy atom. The minimum Gasteiger partial charge on any atom is -0.497 e. The Morgan fingerprint density at radius 1 is 1.06 bits per heavy atom. The summed E-state index contributed by atoms with van der Waals surface area (Å²) in [6.45, 7) is 3.55. The number of rotatable bonds is 8. The fraction of sp³-hybridized carbons (Fsp3) is 0.286. The molecule has 0 spiro atoms. The van der Waals surface area contributed by atoms with Crippen molar-refractivity contribution in [3.63, 3.8) is 0 Å². The number of sulfonamides is 1. The Kier molecular flexibility index (Phi) is 6.80. The van der Waals surface area contributed by atoms with E-state index in [2.05, 4.69) is 15.5 Å². The van der Waals surface area contributed by atoms with Gasteiger partial charge in [-0.3, -0.25) is 10.1 Å². The summed E-state index contributed by atoms with van der Waals surface area (Å²) >= 11 is 0. The van der Waals surface area contributed by atoms with Crippen LogP contribution in [0.15, 0.2) is 51.8 Å². The molecular weight excluding hydrogens is 436 g/mol. The van der Waals surface area contributed by atoms with Gasteiger partial charge in [-0.05, 0) is 50.2 Å². The molecule has 0 radical (unpaired) electrons. The Hall–Kier alpha value is -3.44. The number of benzene rings is 2. The second kappa shape index (κ2) is 9.37. The van der Waals surface area contributed by atoms with E-state index < -0.39 is 15.9 Å². The van der Waals surface area contributed by atoms with Crippen molar-refractivity contribution < 1.29 is 27.1 Å². The summed E-state index contributed by atoms with van der Waals surface area (Å²) in [6.07, 6.45) is 0. The Morgan fingerprint density at radius 3 is 2.34 bits per heavy atom. The van der Waals surface area contributed by atoms with Crippen LogP contribution in [0.4, 0.5) is 6.01 Å². The first-order valence-corrected chi connectivity index (χ1v) is 11.1. The van der Waals surface area contributed by atoms with Gasteiger partial charge in [0.15, 0.2) is 0 Å². The van der Waals surface area contributed by atoms with Gasteiger partial charge in [0.1, 0.15) is 11.5 Å². The molecule has 0 atom stereocenters. The molecule has 170 valence electrons. The van der Waals surface area contributed by atoms with E-state index in [0.29, 0.717) is 17.1 Å². The SMILES string of the molecule is COc1ccc(-c2nnc(NC(=O)c3ccc(S(=O)(=O)N(C)C(C)C)cc3)o2)c(OC)c1. The van der Waals surface area contributed by atoms with E-state index in [-0.39, 0.29) is 28.4 Å². The zero-order valence-electron chi connectivity index (χ0n) is 18.3. The van der Waals surface area contributed by atoms with Crippen LogP contribution < -0.4 is 14.8 Å². The normalized spacial score (nSPS) is 11.6. The number of aromatic nitrogens is 2. The van der Waals surface area contributed by atoms with Crippen LogP contribution in [0.5, 0.6) is 11.5 Å². The molecule has 11 heteroatoms. The van der Waals surface area contributed by atoms with E-state index in [1.54, 1.807) is 39.2 Å². The quantitative estimate of drug-likeness (QED) is 0.544. The third-order valence-corrected chi connectivity index (χ3v) is 6.85. The van der Waals surface area contributed by atoms with Crippen molar-refractivity contribution in [3.8, 4) is 23.0 Å². The molecule has 0 aliphatic rings. The first kappa shape index (κ1) is 23.2. The molecule has 1 heterocycles. The van der Waals surface area contributed by atoms with Crippen LogP contribution in [-0.4, -0.2) is 56.1 Å². The molecule has 2 aromatic carbocycles. The van der Waals surface area contributed by atoms with Crippen LogP contribution in [0, 0.1) is 0 Å². The number of anilines is 1. The second-order valence-corrected chi connectivity index (χ2v) is 9.07. The summed E-state index contributed by atoms with van der Waals surface area (Å²) in [6, 6.07) is 10.4. The summed E-state index contributed by atoms with van der Waals surface area (Å²) in [4.78, 5) is 12.6. The molecule has 1 aromatic heterocycles. The Bertz CT molecular complexity index is 1210. The van der Waals surface area contributed by atoms with E-state index in [1.807, 2.05) is 0 Å². The van der Waals surface area contributed by atoms with Gasteiger partial charge in [0.25, 0.3) is 11.8 Å². The van der Waals surface area contributed by atoms with Gasteiger partial charge in [-0.2, -0.15) is 4.31 Å². The van der Waals surface area contributed by atoms with Crippen LogP contribution >= 0.6 is 0 Å². The molecule has 0 saturated heterocycles. The van der Waals surface area contributed by atoms with Gasteiger partial charge in [-0.15, -0.1) is 5.10 Å². The number of methoxy groups -OCH3 is 2. The highest BCUT2D eigenvalue weighted by atomic mass is 32.2. The number of nitrogens with one attached hydrogen (secondary N) is 1. The van der Waals surface area contributed by atoms with Gasteiger partial charge in [-0.25, -0.2) is 8.42 Å². The molecule has 0 bridgehead atoms. The predicted octanol–water partition coefficient (Wildman–Crippen LogP) is 3.04. The minimum atomic E-state index is -3.64. The molecule has 0 aliphatic carbocycles. The zero-order valence-corrected chi connectivity index (χ0v) is 19.1. The minimum absolute atomic E-state index is 0.0944. The number of carbonyl (C=O) groups excluding carboxylic acids is 1. The molecule has 32 heavy (non-hydrogen) atoms. The molecule has 0 saturated carbocycles. The first-order chi connectivity index (χ1) is 15.2. The lowest BCUT2D eigenvalue weighted by Gasteiger charge is -2.20. The molecule has 3 rings (SSSR count). The Labute approximate surface area is 186 Å².